The van der Waals surface area contributed by atoms with E-state index in [4.69, 9.17) is 4.42 Å². The molecule has 1 aliphatic rings. The highest BCUT2D eigenvalue weighted by Crippen LogP contribution is 2.25. The molecule has 0 aliphatic carbocycles. The summed E-state index contributed by atoms with van der Waals surface area (Å²) in [6, 6.07) is 13.9. The van der Waals surface area contributed by atoms with Crippen molar-refractivity contribution < 1.29 is 18.4 Å². The van der Waals surface area contributed by atoms with Crippen molar-refractivity contribution in [1.82, 2.24) is 9.88 Å². The first kappa shape index (κ1) is 19.8. The fourth-order valence-corrected chi connectivity index (χ4v) is 3.58. The van der Waals surface area contributed by atoms with Crippen LogP contribution in [0.25, 0.3) is 11.5 Å². The second-order valence-corrected chi connectivity index (χ2v) is 7.29. The third-order valence-corrected chi connectivity index (χ3v) is 5.28. The number of hydrogen-bond donors (Lipinski definition) is 0. The molecule has 1 fully saturated rings. The van der Waals surface area contributed by atoms with E-state index in [0.29, 0.717) is 54.8 Å². The average molecular weight is 407 g/mol. The molecule has 154 valence electrons. The fourth-order valence-electron chi connectivity index (χ4n) is 3.58. The first-order valence-corrected chi connectivity index (χ1v) is 9.81. The van der Waals surface area contributed by atoms with Crippen molar-refractivity contribution in [2.75, 3.05) is 31.1 Å². The molecule has 1 aliphatic heterocycles. The number of aryl methyl sites for hydroxylation is 1. The quantitative estimate of drug-likeness (QED) is 0.613. The molecule has 0 radical (unpaired) electrons. The van der Waals surface area contributed by atoms with Crippen molar-refractivity contribution in [2.45, 2.75) is 13.8 Å². The van der Waals surface area contributed by atoms with E-state index in [1.54, 1.807) is 24.0 Å². The number of carbonyl (C=O) groups excluding carboxylic acids is 2. The average Bonchev–Trinajstić information content (AvgIpc) is 3.15. The maximum Gasteiger partial charge on any atom is 0.276 e. The molecule has 0 atom stereocenters. The maximum atomic E-state index is 14.4. The molecular weight excluding hydrogens is 385 g/mol. The van der Waals surface area contributed by atoms with Crippen molar-refractivity contribution in [3.05, 3.63) is 71.4 Å². The zero-order valence-corrected chi connectivity index (χ0v) is 16.9. The number of ketones is 1. The van der Waals surface area contributed by atoms with Gasteiger partial charge in [0.1, 0.15) is 11.6 Å². The summed E-state index contributed by atoms with van der Waals surface area (Å²) >= 11 is 0. The van der Waals surface area contributed by atoms with E-state index in [9.17, 15) is 14.0 Å². The second kappa shape index (κ2) is 8.10. The van der Waals surface area contributed by atoms with Gasteiger partial charge in [-0.15, -0.1) is 0 Å². The number of piperazine rings is 1. The van der Waals surface area contributed by atoms with Gasteiger partial charge < -0.3 is 14.2 Å². The Hall–Kier alpha value is -3.48. The summed E-state index contributed by atoms with van der Waals surface area (Å²) in [7, 11) is 0. The first-order valence-electron chi connectivity index (χ1n) is 9.81. The Kier molecular flexibility index (Phi) is 5.35. The van der Waals surface area contributed by atoms with Gasteiger partial charge in [0.15, 0.2) is 11.5 Å². The first-order chi connectivity index (χ1) is 14.4. The molecule has 2 heterocycles. The molecule has 0 bridgehead atoms. The Morgan fingerprint density at radius 2 is 1.73 bits per heavy atom. The molecule has 0 saturated carbocycles. The Labute approximate surface area is 173 Å². The Bertz CT molecular complexity index is 1090. The van der Waals surface area contributed by atoms with Gasteiger partial charge in [0.05, 0.1) is 5.69 Å². The Morgan fingerprint density at radius 3 is 2.37 bits per heavy atom. The molecule has 30 heavy (non-hydrogen) atoms. The highest BCUT2D eigenvalue weighted by atomic mass is 19.1. The van der Waals surface area contributed by atoms with E-state index in [-0.39, 0.29) is 11.7 Å². The summed E-state index contributed by atoms with van der Waals surface area (Å²) in [5.74, 6) is 0.108. The predicted octanol–water partition coefficient (Wildman–Crippen LogP) is 3.95. The van der Waals surface area contributed by atoms with Crippen LogP contribution in [0, 0.1) is 12.7 Å². The zero-order valence-electron chi connectivity index (χ0n) is 16.9. The van der Waals surface area contributed by atoms with Gasteiger partial charge in [-0.2, -0.15) is 0 Å². The summed E-state index contributed by atoms with van der Waals surface area (Å²) in [4.78, 5) is 32.4. The molecule has 0 unspecified atom stereocenters. The lowest BCUT2D eigenvalue weighted by Crippen LogP contribution is -2.49. The van der Waals surface area contributed by atoms with Crippen molar-refractivity contribution in [1.29, 1.82) is 0 Å². The predicted molar refractivity (Wildman–Crippen MR) is 111 cm³/mol. The van der Waals surface area contributed by atoms with E-state index in [1.807, 2.05) is 35.2 Å². The van der Waals surface area contributed by atoms with Crippen molar-refractivity contribution in [3.63, 3.8) is 0 Å². The van der Waals surface area contributed by atoms with Crippen molar-refractivity contribution >= 4 is 17.4 Å². The van der Waals surface area contributed by atoms with Crippen LogP contribution >= 0.6 is 0 Å². The summed E-state index contributed by atoms with van der Waals surface area (Å²) in [5, 5.41) is 0. The number of benzene rings is 2. The van der Waals surface area contributed by atoms with Gasteiger partial charge in [-0.3, -0.25) is 9.59 Å². The smallest absolute Gasteiger partial charge is 0.276 e. The minimum atomic E-state index is -0.428. The highest BCUT2D eigenvalue weighted by molar-refractivity contribution is 5.95. The second-order valence-electron chi connectivity index (χ2n) is 7.29. The van der Waals surface area contributed by atoms with Gasteiger partial charge in [0, 0.05) is 37.3 Å². The van der Waals surface area contributed by atoms with Crippen LogP contribution in [0.2, 0.25) is 0 Å². The molecule has 1 amide bonds. The number of halogens is 1. The molecule has 3 aromatic rings. The lowest BCUT2D eigenvalue weighted by Gasteiger charge is -2.36. The van der Waals surface area contributed by atoms with E-state index in [1.165, 1.54) is 13.0 Å². The summed E-state index contributed by atoms with van der Waals surface area (Å²) in [5.41, 5.74) is 1.91. The van der Waals surface area contributed by atoms with Gasteiger partial charge in [-0.1, -0.05) is 18.2 Å². The van der Waals surface area contributed by atoms with Crippen molar-refractivity contribution in [3.8, 4) is 11.5 Å². The van der Waals surface area contributed by atoms with Crippen LogP contribution in [-0.4, -0.2) is 47.8 Å². The maximum absolute atomic E-state index is 14.4. The molecule has 0 spiro atoms. The molecule has 4 rings (SSSR count). The molecule has 1 aromatic heterocycles. The van der Waals surface area contributed by atoms with Crippen LogP contribution < -0.4 is 4.90 Å². The number of oxazole rings is 1. The zero-order chi connectivity index (χ0) is 21.3. The van der Waals surface area contributed by atoms with Crippen LogP contribution in [0.3, 0.4) is 0 Å². The SMILES string of the molecule is CC(=O)c1ccc(N2CCN(C(=O)c3nc(-c4ccccc4)oc3C)CC2)c(F)c1. The largest absolute Gasteiger partial charge is 0.441 e. The van der Waals surface area contributed by atoms with Crippen molar-refractivity contribution in [2.24, 2.45) is 0 Å². The molecule has 1 saturated heterocycles. The third kappa shape index (κ3) is 3.83. The summed E-state index contributed by atoms with van der Waals surface area (Å²) < 4.78 is 20.1. The number of rotatable bonds is 4. The molecule has 6 nitrogen and oxygen atoms in total. The molecule has 2 aromatic carbocycles. The summed E-state index contributed by atoms with van der Waals surface area (Å²) in [6.07, 6.45) is 0. The lowest BCUT2D eigenvalue weighted by molar-refractivity contribution is 0.0739. The van der Waals surface area contributed by atoms with Crippen LogP contribution in [0.1, 0.15) is 33.5 Å². The van der Waals surface area contributed by atoms with Crippen LogP contribution in [0.5, 0.6) is 0 Å². The molecule has 7 heteroatoms. The standard InChI is InChI=1S/C23H22FN3O3/c1-15(28)18-8-9-20(19(24)14-18)26-10-12-27(13-11-26)23(29)21-16(2)30-22(25-21)17-6-4-3-5-7-17/h3-9,14H,10-13H2,1-2H3. The highest BCUT2D eigenvalue weighted by Gasteiger charge is 2.27. The minimum absolute atomic E-state index is 0.172. The van der Waals surface area contributed by atoms with Gasteiger partial charge in [-0.25, -0.2) is 9.37 Å². The Morgan fingerprint density at radius 1 is 1.03 bits per heavy atom. The van der Waals surface area contributed by atoms with Crippen LogP contribution in [0.4, 0.5) is 10.1 Å². The van der Waals surface area contributed by atoms with Crippen LogP contribution in [-0.2, 0) is 0 Å². The van der Waals surface area contributed by atoms with Gasteiger partial charge >= 0.3 is 0 Å². The summed E-state index contributed by atoms with van der Waals surface area (Å²) in [6.45, 7) is 5.01. The molecule has 0 N–H and O–H groups in total. The number of carbonyl (C=O) groups is 2. The normalized spacial score (nSPS) is 14.1. The number of nitrogens with zero attached hydrogens (tertiary/aromatic N) is 3. The number of amides is 1. The fraction of sp³-hybridized carbons (Fsp3) is 0.261. The van der Waals surface area contributed by atoms with Gasteiger partial charge in [-0.05, 0) is 44.2 Å². The van der Waals surface area contributed by atoms with Gasteiger partial charge in [0.25, 0.3) is 5.91 Å². The van der Waals surface area contributed by atoms with E-state index < -0.39 is 5.82 Å². The molecular formula is C23H22FN3O3. The van der Waals surface area contributed by atoms with Crippen LogP contribution in [0.15, 0.2) is 52.9 Å². The number of hydrogen-bond acceptors (Lipinski definition) is 5. The van der Waals surface area contributed by atoms with E-state index in [2.05, 4.69) is 4.98 Å². The van der Waals surface area contributed by atoms with Gasteiger partial charge in [0.2, 0.25) is 5.89 Å². The minimum Gasteiger partial charge on any atom is -0.441 e. The topological polar surface area (TPSA) is 66.7 Å². The lowest BCUT2D eigenvalue weighted by atomic mass is 10.1. The number of Topliss-reactive ketones (excluding diaryl/α,β-unsaturated/α-hetero) is 1. The van der Waals surface area contributed by atoms with E-state index in [0.717, 1.165) is 5.56 Å². The van der Waals surface area contributed by atoms with E-state index >= 15 is 0 Å². The number of aromatic nitrogens is 1. The number of anilines is 1. The Balaban J connectivity index is 1.45. The third-order valence-electron chi connectivity index (χ3n) is 5.28. The monoisotopic (exact) mass is 407 g/mol.